The fourth-order valence-electron chi connectivity index (χ4n) is 2.19. The highest BCUT2D eigenvalue weighted by Gasteiger charge is 2.12. The van der Waals surface area contributed by atoms with Crippen molar-refractivity contribution < 1.29 is 13.9 Å². The summed E-state index contributed by atoms with van der Waals surface area (Å²) in [6.45, 7) is 2.65. The zero-order valence-corrected chi connectivity index (χ0v) is 12.9. The Morgan fingerprint density at radius 1 is 1.21 bits per heavy atom. The lowest BCUT2D eigenvalue weighted by Crippen LogP contribution is -2.14. The highest BCUT2D eigenvalue weighted by atomic mass is 19.1. The molecule has 2 aromatic heterocycles. The number of azo groups is 1. The van der Waals surface area contributed by atoms with Gasteiger partial charge >= 0.3 is 0 Å². The van der Waals surface area contributed by atoms with Gasteiger partial charge < -0.3 is 14.4 Å². The summed E-state index contributed by atoms with van der Waals surface area (Å²) in [6.07, 6.45) is 2.65. The van der Waals surface area contributed by atoms with Gasteiger partial charge in [0.1, 0.15) is 17.3 Å². The van der Waals surface area contributed by atoms with Gasteiger partial charge in [0.15, 0.2) is 11.7 Å². The summed E-state index contributed by atoms with van der Waals surface area (Å²) in [5, 5.41) is 18.0. The van der Waals surface area contributed by atoms with Gasteiger partial charge in [-0.3, -0.25) is 0 Å². The molecule has 0 saturated heterocycles. The lowest BCUT2D eigenvalue weighted by molar-refractivity contribution is 0.476. The van der Waals surface area contributed by atoms with Gasteiger partial charge in [-0.15, -0.1) is 10.2 Å². The molecule has 122 valence electrons. The maximum atomic E-state index is 12.8. The highest BCUT2D eigenvalue weighted by molar-refractivity contribution is 5.66. The SMILES string of the molecule is CCN(c1ccc(N=Nc2ccc(F)cn2)c(O)c1)c1ccco1. The van der Waals surface area contributed by atoms with Crippen molar-refractivity contribution >= 4 is 23.1 Å². The van der Waals surface area contributed by atoms with E-state index in [1.807, 2.05) is 17.9 Å². The van der Waals surface area contributed by atoms with Crippen molar-refractivity contribution in [2.75, 3.05) is 11.4 Å². The molecule has 0 aliphatic heterocycles. The van der Waals surface area contributed by atoms with Crippen LogP contribution < -0.4 is 4.90 Å². The molecular formula is C17H15FN4O2. The summed E-state index contributed by atoms with van der Waals surface area (Å²) in [7, 11) is 0. The Hall–Kier alpha value is -3.22. The number of hydrogen-bond acceptors (Lipinski definition) is 6. The molecule has 6 nitrogen and oxygen atoms in total. The van der Waals surface area contributed by atoms with Crippen LogP contribution in [0, 0.1) is 5.82 Å². The van der Waals surface area contributed by atoms with Crippen LogP contribution in [0.2, 0.25) is 0 Å². The van der Waals surface area contributed by atoms with Crippen LogP contribution in [-0.2, 0) is 0 Å². The number of halogens is 1. The Morgan fingerprint density at radius 2 is 2.08 bits per heavy atom. The Kier molecular flexibility index (Phi) is 4.51. The van der Waals surface area contributed by atoms with E-state index >= 15 is 0 Å². The Bertz CT molecular complexity index is 832. The van der Waals surface area contributed by atoms with Crippen molar-refractivity contribution in [3.8, 4) is 5.75 Å². The van der Waals surface area contributed by atoms with Crippen molar-refractivity contribution in [3.05, 3.63) is 60.7 Å². The molecule has 3 aromatic rings. The van der Waals surface area contributed by atoms with E-state index in [2.05, 4.69) is 15.2 Å². The summed E-state index contributed by atoms with van der Waals surface area (Å²) in [5.41, 5.74) is 1.06. The minimum Gasteiger partial charge on any atom is -0.506 e. The molecule has 0 atom stereocenters. The summed E-state index contributed by atoms with van der Waals surface area (Å²) in [6, 6.07) is 11.3. The number of nitrogens with zero attached hydrogens (tertiary/aromatic N) is 4. The standard InChI is InChI=1S/C17H15FN4O2/c1-2-22(17-4-3-9-24-17)13-6-7-14(15(23)10-13)20-21-16-8-5-12(18)11-19-16/h3-11,23H,2H2,1H3. The van der Waals surface area contributed by atoms with Crippen LogP contribution in [0.25, 0.3) is 0 Å². The van der Waals surface area contributed by atoms with Gasteiger partial charge in [-0.05, 0) is 37.3 Å². The Labute approximate surface area is 137 Å². The van der Waals surface area contributed by atoms with Gasteiger partial charge in [0.2, 0.25) is 0 Å². The molecular weight excluding hydrogens is 311 g/mol. The highest BCUT2D eigenvalue weighted by Crippen LogP contribution is 2.34. The first-order valence-corrected chi connectivity index (χ1v) is 7.34. The molecule has 0 saturated carbocycles. The number of benzene rings is 1. The smallest absolute Gasteiger partial charge is 0.199 e. The van der Waals surface area contributed by atoms with Crippen LogP contribution in [0.3, 0.4) is 0 Å². The Balaban J connectivity index is 1.83. The predicted molar refractivity (Wildman–Crippen MR) is 87.9 cm³/mol. The molecule has 0 radical (unpaired) electrons. The second kappa shape index (κ2) is 6.91. The number of furan rings is 1. The third-order valence-corrected chi connectivity index (χ3v) is 3.33. The first kappa shape index (κ1) is 15.7. The largest absolute Gasteiger partial charge is 0.506 e. The first-order chi connectivity index (χ1) is 11.7. The van der Waals surface area contributed by atoms with Gasteiger partial charge in [-0.2, -0.15) is 0 Å². The quantitative estimate of drug-likeness (QED) is 0.662. The molecule has 1 aromatic carbocycles. The second-order valence-corrected chi connectivity index (χ2v) is 4.90. The van der Waals surface area contributed by atoms with E-state index in [0.29, 0.717) is 18.1 Å². The summed E-state index contributed by atoms with van der Waals surface area (Å²) in [5.74, 6) is 0.467. The minimum absolute atomic E-state index is 0.0247. The van der Waals surface area contributed by atoms with Crippen LogP contribution in [0.1, 0.15) is 6.92 Å². The molecule has 0 bridgehead atoms. The van der Waals surface area contributed by atoms with E-state index in [4.69, 9.17) is 4.42 Å². The summed E-state index contributed by atoms with van der Waals surface area (Å²) in [4.78, 5) is 5.68. The zero-order valence-electron chi connectivity index (χ0n) is 12.9. The fourth-order valence-corrected chi connectivity index (χ4v) is 2.19. The number of phenols is 1. The normalized spacial score (nSPS) is 11.1. The topological polar surface area (TPSA) is 74.2 Å². The van der Waals surface area contributed by atoms with Gasteiger partial charge in [0.25, 0.3) is 0 Å². The molecule has 24 heavy (non-hydrogen) atoms. The van der Waals surface area contributed by atoms with Crippen molar-refractivity contribution in [2.45, 2.75) is 6.92 Å². The van der Waals surface area contributed by atoms with Crippen molar-refractivity contribution in [2.24, 2.45) is 10.2 Å². The Morgan fingerprint density at radius 3 is 2.71 bits per heavy atom. The van der Waals surface area contributed by atoms with Crippen molar-refractivity contribution in [3.63, 3.8) is 0 Å². The first-order valence-electron chi connectivity index (χ1n) is 7.34. The third kappa shape index (κ3) is 3.40. The lowest BCUT2D eigenvalue weighted by atomic mass is 10.2. The molecule has 0 spiro atoms. The second-order valence-electron chi connectivity index (χ2n) is 4.90. The van der Waals surface area contributed by atoms with Gasteiger partial charge in [-0.1, -0.05) is 0 Å². The van der Waals surface area contributed by atoms with Gasteiger partial charge in [0.05, 0.1) is 12.5 Å². The molecule has 0 unspecified atom stereocenters. The van der Waals surface area contributed by atoms with Gasteiger partial charge in [0, 0.05) is 24.4 Å². The molecule has 0 amide bonds. The van der Waals surface area contributed by atoms with Crippen molar-refractivity contribution in [1.29, 1.82) is 0 Å². The van der Waals surface area contributed by atoms with Crippen molar-refractivity contribution in [1.82, 2.24) is 4.98 Å². The molecule has 0 fully saturated rings. The summed E-state index contributed by atoms with van der Waals surface area (Å²) >= 11 is 0. The molecule has 1 N–H and O–H groups in total. The van der Waals surface area contributed by atoms with Gasteiger partial charge in [-0.25, -0.2) is 9.37 Å². The molecule has 2 heterocycles. The molecule has 0 aliphatic carbocycles. The predicted octanol–water partition coefficient (Wildman–Crippen LogP) is 5.09. The number of anilines is 2. The molecule has 3 rings (SSSR count). The van der Waals surface area contributed by atoms with Crippen LogP contribution in [0.4, 0.5) is 27.5 Å². The number of rotatable bonds is 5. The van der Waals surface area contributed by atoms with Crippen LogP contribution >= 0.6 is 0 Å². The number of aromatic hydroxyl groups is 1. The van der Waals surface area contributed by atoms with E-state index in [0.717, 1.165) is 11.9 Å². The van der Waals surface area contributed by atoms with E-state index in [1.165, 1.54) is 12.1 Å². The molecule has 0 aliphatic rings. The summed E-state index contributed by atoms with van der Waals surface area (Å²) < 4.78 is 18.2. The number of hydrogen-bond donors (Lipinski definition) is 1. The number of aromatic nitrogens is 1. The van der Waals surface area contributed by atoms with Crippen LogP contribution in [-0.4, -0.2) is 16.6 Å². The van der Waals surface area contributed by atoms with E-state index in [9.17, 15) is 9.50 Å². The number of phenolic OH excluding ortho intramolecular Hbond substituents is 1. The van der Waals surface area contributed by atoms with E-state index in [-0.39, 0.29) is 11.6 Å². The monoisotopic (exact) mass is 326 g/mol. The van der Waals surface area contributed by atoms with Crippen LogP contribution in [0.15, 0.2) is 69.6 Å². The maximum Gasteiger partial charge on any atom is 0.199 e. The fraction of sp³-hybridized carbons (Fsp3) is 0.118. The van der Waals surface area contributed by atoms with Crippen LogP contribution in [0.5, 0.6) is 5.75 Å². The lowest BCUT2D eigenvalue weighted by Gasteiger charge is -2.20. The zero-order chi connectivity index (χ0) is 16.9. The van der Waals surface area contributed by atoms with E-state index in [1.54, 1.807) is 30.5 Å². The average Bonchev–Trinajstić information content (AvgIpc) is 3.10. The minimum atomic E-state index is -0.446. The maximum absolute atomic E-state index is 12.8. The molecule has 7 heteroatoms. The number of pyridine rings is 1. The third-order valence-electron chi connectivity index (χ3n) is 3.33. The average molecular weight is 326 g/mol. The van der Waals surface area contributed by atoms with E-state index < -0.39 is 5.82 Å².